The molecule has 0 aromatic heterocycles. The summed E-state index contributed by atoms with van der Waals surface area (Å²) in [6.45, 7) is 10.3. The Morgan fingerprint density at radius 2 is 1.74 bits per heavy atom. The van der Waals surface area contributed by atoms with Gasteiger partial charge >= 0.3 is 0 Å². The van der Waals surface area contributed by atoms with Crippen molar-refractivity contribution in [1.29, 1.82) is 0 Å². The van der Waals surface area contributed by atoms with Gasteiger partial charge in [-0.2, -0.15) is 0 Å². The molecule has 0 aromatic carbocycles. The zero-order chi connectivity index (χ0) is 15.7. The van der Waals surface area contributed by atoms with Crippen LogP contribution in [0.2, 0.25) is 0 Å². The maximum absolute atomic E-state index is 13.2. The molecule has 2 fully saturated rings. The molecule has 23 heavy (non-hydrogen) atoms. The molecule has 4 nitrogen and oxygen atoms in total. The fraction of sp³-hybridized carbons (Fsp3) is 0.933. The third-order valence-electron chi connectivity index (χ3n) is 4.27. The van der Waals surface area contributed by atoms with Gasteiger partial charge < -0.3 is 4.90 Å². The van der Waals surface area contributed by atoms with Gasteiger partial charge in [-0.15, -0.1) is 24.8 Å². The summed E-state index contributed by atoms with van der Waals surface area (Å²) in [5.74, 6) is -2.91. The number of alkyl halides is 2. The second-order valence-corrected chi connectivity index (χ2v) is 7.47. The number of carbonyl (C=O) groups excluding carboxylic acids is 1. The summed E-state index contributed by atoms with van der Waals surface area (Å²) in [6.07, 6.45) is 0.757. The molecule has 2 heterocycles. The molecular weight excluding hydrogens is 347 g/mol. The van der Waals surface area contributed by atoms with Crippen LogP contribution in [0.5, 0.6) is 0 Å². The van der Waals surface area contributed by atoms with E-state index >= 15 is 0 Å². The van der Waals surface area contributed by atoms with Crippen molar-refractivity contribution >= 4 is 30.7 Å². The summed E-state index contributed by atoms with van der Waals surface area (Å²) in [5.41, 5.74) is 0.312. The number of piperazine rings is 1. The standard InChI is InChI=1S/C15H27F2N3O.2ClH/c1-14(2,3)4-5-19-6-8-20(9-7-19)13(21)12-10-15(16,17)11-18-12;;/h12,18H,4-11H2,1-3H3;2*1H. The van der Waals surface area contributed by atoms with E-state index < -0.39 is 12.0 Å². The zero-order valence-corrected chi connectivity index (χ0v) is 15.7. The van der Waals surface area contributed by atoms with E-state index in [1.807, 2.05) is 0 Å². The Kier molecular flexibility index (Phi) is 8.72. The Morgan fingerprint density at radius 1 is 1.17 bits per heavy atom. The first-order valence-corrected chi connectivity index (χ1v) is 7.79. The smallest absolute Gasteiger partial charge is 0.262 e. The number of rotatable bonds is 3. The summed E-state index contributed by atoms with van der Waals surface area (Å²) in [4.78, 5) is 16.3. The van der Waals surface area contributed by atoms with Gasteiger partial charge in [0.15, 0.2) is 0 Å². The predicted molar refractivity (Wildman–Crippen MR) is 92.9 cm³/mol. The second kappa shape index (κ2) is 8.79. The van der Waals surface area contributed by atoms with E-state index in [0.29, 0.717) is 18.5 Å². The minimum Gasteiger partial charge on any atom is -0.339 e. The van der Waals surface area contributed by atoms with Crippen molar-refractivity contribution in [2.45, 2.75) is 45.6 Å². The first-order chi connectivity index (χ1) is 9.66. The Balaban J connectivity index is 0.00000242. The van der Waals surface area contributed by atoms with Gasteiger partial charge in [0.1, 0.15) is 0 Å². The Labute approximate surface area is 150 Å². The number of carbonyl (C=O) groups is 1. The summed E-state index contributed by atoms with van der Waals surface area (Å²) < 4.78 is 26.3. The van der Waals surface area contributed by atoms with Crippen molar-refractivity contribution in [2.75, 3.05) is 39.3 Å². The minimum absolute atomic E-state index is 0. The molecule has 0 radical (unpaired) electrons. The van der Waals surface area contributed by atoms with E-state index in [4.69, 9.17) is 0 Å². The van der Waals surface area contributed by atoms with Crippen molar-refractivity contribution in [2.24, 2.45) is 5.41 Å². The van der Waals surface area contributed by atoms with Crippen LogP contribution in [0.3, 0.4) is 0 Å². The SMILES string of the molecule is CC(C)(C)CCN1CCN(C(=O)C2CC(F)(F)CN2)CC1.Cl.Cl. The third-order valence-corrected chi connectivity index (χ3v) is 4.27. The van der Waals surface area contributed by atoms with Gasteiger partial charge in [0.25, 0.3) is 5.92 Å². The first kappa shape index (κ1) is 22.8. The largest absolute Gasteiger partial charge is 0.339 e. The highest BCUT2D eigenvalue weighted by Gasteiger charge is 2.43. The molecule has 2 saturated heterocycles. The number of amides is 1. The van der Waals surface area contributed by atoms with E-state index in [1.54, 1.807) is 4.90 Å². The molecule has 2 aliphatic heterocycles. The Morgan fingerprint density at radius 3 is 2.17 bits per heavy atom. The highest BCUT2D eigenvalue weighted by atomic mass is 35.5. The summed E-state index contributed by atoms with van der Waals surface area (Å²) in [6, 6.07) is -0.707. The lowest BCUT2D eigenvalue weighted by Gasteiger charge is -2.37. The van der Waals surface area contributed by atoms with Crippen molar-refractivity contribution in [3.63, 3.8) is 0 Å². The van der Waals surface area contributed by atoms with Gasteiger partial charge in [-0.1, -0.05) is 20.8 Å². The van der Waals surface area contributed by atoms with Crippen LogP contribution in [0.4, 0.5) is 8.78 Å². The zero-order valence-electron chi connectivity index (χ0n) is 14.1. The lowest BCUT2D eigenvalue weighted by molar-refractivity contribution is -0.135. The molecule has 0 aliphatic carbocycles. The molecule has 0 spiro atoms. The average Bonchev–Trinajstić information content (AvgIpc) is 2.76. The molecule has 2 rings (SSSR count). The number of halogens is 4. The number of nitrogens with one attached hydrogen (secondary N) is 1. The van der Waals surface area contributed by atoms with Crippen LogP contribution in [-0.4, -0.2) is 66.9 Å². The summed E-state index contributed by atoms with van der Waals surface area (Å²) >= 11 is 0. The van der Waals surface area contributed by atoms with Crippen molar-refractivity contribution in [3.05, 3.63) is 0 Å². The Bertz CT molecular complexity index is 383. The normalized spacial score (nSPS) is 24.7. The first-order valence-electron chi connectivity index (χ1n) is 7.79. The van der Waals surface area contributed by atoms with E-state index in [0.717, 1.165) is 26.1 Å². The fourth-order valence-corrected chi connectivity index (χ4v) is 2.80. The van der Waals surface area contributed by atoms with Gasteiger partial charge in [0, 0.05) is 32.6 Å². The number of hydrogen-bond donors (Lipinski definition) is 1. The minimum atomic E-state index is -2.74. The van der Waals surface area contributed by atoms with Gasteiger partial charge in [0.2, 0.25) is 5.91 Å². The molecule has 1 amide bonds. The van der Waals surface area contributed by atoms with Crippen LogP contribution in [0.15, 0.2) is 0 Å². The molecule has 0 saturated carbocycles. The maximum Gasteiger partial charge on any atom is 0.262 e. The van der Waals surface area contributed by atoms with E-state index in [2.05, 4.69) is 31.0 Å². The molecule has 138 valence electrons. The molecule has 0 aromatic rings. The highest BCUT2D eigenvalue weighted by molar-refractivity contribution is 5.85. The Hall–Kier alpha value is -0.170. The van der Waals surface area contributed by atoms with Crippen LogP contribution < -0.4 is 5.32 Å². The van der Waals surface area contributed by atoms with Crippen LogP contribution in [0.25, 0.3) is 0 Å². The fourth-order valence-electron chi connectivity index (χ4n) is 2.80. The molecule has 8 heteroatoms. The van der Waals surface area contributed by atoms with Crippen molar-refractivity contribution in [1.82, 2.24) is 15.1 Å². The second-order valence-electron chi connectivity index (χ2n) is 7.47. The number of hydrogen-bond acceptors (Lipinski definition) is 3. The monoisotopic (exact) mass is 375 g/mol. The number of nitrogens with zero attached hydrogens (tertiary/aromatic N) is 2. The van der Waals surface area contributed by atoms with Crippen molar-refractivity contribution < 1.29 is 13.6 Å². The molecule has 1 atom stereocenters. The van der Waals surface area contributed by atoms with Crippen LogP contribution in [0, 0.1) is 5.41 Å². The van der Waals surface area contributed by atoms with Crippen LogP contribution >= 0.6 is 24.8 Å². The maximum atomic E-state index is 13.2. The van der Waals surface area contributed by atoms with Gasteiger partial charge in [-0.3, -0.25) is 15.0 Å². The van der Waals surface area contributed by atoms with Gasteiger partial charge in [0.05, 0.1) is 12.6 Å². The quantitative estimate of drug-likeness (QED) is 0.822. The van der Waals surface area contributed by atoms with Crippen LogP contribution in [0.1, 0.15) is 33.6 Å². The van der Waals surface area contributed by atoms with E-state index in [9.17, 15) is 13.6 Å². The predicted octanol–water partition coefficient (Wildman–Crippen LogP) is 2.41. The molecule has 1 N–H and O–H groups in total. The molecule has 1 unspecified atom stereocenters. The van der Waals surface area contributed by atoms with E-state index in [1.165, 1.54) is 0 Å². The molecule has 2 aliphatic rings. The summed E-state index contributed by atoms with van der Waals surface area (Å²) in [7, 11) is 0. The van der Waals surface area contributed by atoms with Crippen LogP contribution in [-0.2, 0) is 4.79 Å². The summed E-state index contributed by atoms with van der Waals surface area (Å²) in [5, 5.41) is 2.65. The molecular formula is C15H29Cl2F2N3O. The highest BCUT2D eigenvalue weighted by Crippen LogP contribution is 2.26. The lowest BCUT2D eigenvalue weighted by Crippen LogP contribution is -2.53. The van der Waals surface area contributed by atoms with E-state index in [-0.39, 0.29) is 43.7 Å². The molecule has 0 bridgehead atoms. The van der Waals surface area contributed by atoms with Gasteiger partial charge in [-0.05, 0) is 18.4 Å². The lowest BCUT2D eigenvalue weighted by atomic mass is 9.92. The third kappa shape index (κ3) is 7.08. The van der Waals surface area contributed by atoms with Crippen molar-refractivity contribution in [3.8, 4) is 0 Å². The topological polar surface area (TPSA) is 35.6 Å². The van der Waals surface area contributed by atoms with Gasteiger partial charge in [-0.25, -0.2) is 8.78 Å². The average molecular weight is 376 g/mol.